The van der Waals surface area contributed by atoms with Gasteiger partial charge in [0, 0.05) is 17.1 Å². The average molecular weight is 496 g/mol. The van der Waals surface area contributed by atoms with Crippen LogP contribution in [0.15, 0.2) is 76.8 Å². The summed E-state index contributed by atoms with van der Waals surface area (Å²) in [4.78, 5) is 36.1. The van der Waals surface area contributed by atoms with Gasteiger partial charge in [-0.25, -0.2) is 14.4 Å². The van der Waals surface area contributed by atoms with Crippen molar-refractivity contribution in [1.29, 1.82) is 0 Å². The van der Waals surface area contributed by atoms with Crippen LogP contribution in [0.4, 0.5) is 4.39 Å². The Bertz CT molecular complexity index is 1560. The molecular weight excluding hydrogens is 481 g/mol. The SMILES string of the molecule is O=C(CSc1nc2c(sc3ncccc32)c(=O)n1Cc1ccc(F)cc1)c1ccccc1Cl. The molecule has 5 rings (SSSR count). The summed E-state index contributed by atoms with van der Waals surface area (Å²) in [5.41, 5.74) is 1.51. The third kappa shape index (κ3) is 4.29. The molecular formula is C24H15ClFN3O2S2. The highest BCUT2D eigenvalue weighted by Crippen LogP contribution is 2.31. The Balaban J connectivity index is 1.59. The lowest BCUT2D eigenvalue weighted by molar-refractivity contribution is 0.102. The van der Waals surface area contributed by atoms with E-state index in [9.17, 15) is 14.0 Å². The van der Waals surface area contributed by atoms with Crippen LogP contribution in [0.1, 0.15) is 15.9 Å². The van der Waals surface area contributed by atoms with E-state index in [1.54, 1.807) is 48.7 Å². The number of pyridine rings is 1. The molecule has 3 aromatic heterocycles. The summed E-state index contributed by atoms with van der Waals surface area (Å²) >= 11 is 8.63. The molecule has 0 atom stereocenters. The predicted octanol–water partition coefficient (Wildman–Crippen LogP) is 5.82. The first-order valence-corrected chi connectivity index (χ1v) is 12.1. The highest BCUT2D eigenvalue weighted by atomic mass is 35.5. The molecule has 2 aromatic carbocycles. The minimum absolute atomic E-state index is 0.0609. The number of rotatable bonds is 6. The van der Waals surface area contributed by atoms with Crippen molar-refractivity contribution in [1.82, 2.24) is 14.5 Å². The summed E-state index contributed by atoms with van der Waals surface area (Å²) in [6, 6.07) is 16.5. The van der Waals surface area contributed by atoms with Crippen LogP contribution < -0.4 is 5.56 Å². The molecule has 0 radical (unpaired) electrons. The van der Waals surface area contributed by atoms with Crippen molar-refractivity contribution in [2.24, 2.45) is 0 Å². The molecule has 0 unspecified atom stereocenters. The van der Waals surface area contributed by atoms with Gasteiger partial charge in [-0.2, -0.15) is 0 Å². The van der Waals surface area contributed by atoms with Crippen molar-refractivity contribution >= 4 is 60.9 Å². The van der Waals surface area contributed by atoms with Crippen LogP contribution in [-0.4, -0.2) is 26.1 Å². The number of hydrogen-bond acceptors (Lipinski definition) is 6. The van der Waals surface area contributed by atoms with Gasteiger partial charge in [0.05, 0.1) is 22.8 Å². The van der Waals surface area contributed by atoms with E-state index in [1.165, 1.54) is 39.8 Å². The summed E-state index contributed by atoms with van der Waals surface area (Å²) < 4.78 is 15.4. The lowest BCUT2D eigenvalue weighted by atomic mass is 10.1. The number of carbonyl (C=O) groups is 1. The number of hydrogen-bond donors (Lipinski definition) is 0. The minimum Gasteiger partial charge on any atom is -0.293 e. The second-order valence-electron chi connectivity index (χ2n) is 7.24. The first-order chi connectivity index (χ1) is 16.0. The Morgan fingerprint density at radius 2 is 1.88 bits per heavy atom. The van der Waals surface area contributed by atoms with Crippen LogP contribution in [0.5, 0.6) is 0 Å². The minimum atomic E-state index is -0.352. The van der Waals surface area contributed by atoms with Gasteiger partial charge in [-0.1, -0.05) is 47.6 Å². The number of ketones is 1. The van der Waals surface area contributed by atoms with Crippen LogP contribution >= 0.6 is 34.7 Å². The summed E-state index contributed by atoms with van der Waals surface area (Å²) in [7, 11) is 0. The van der Waals surface area contributed by atoms with Gasteiger partial charge >= 0.3 is 0 Å². The van der Waals surface area contributed by atoms with E-state index in [2.05, 4.69) is 4.98 Å². The van der Waals surface area contributed by atoms with Crippen molar-refractivity contribution < 1.29 is 9.18 Å². The maximum absolute atomic E-state index is 13.5. The molecule has 0 aliphatic heterocycles. The number of Topliss-reactive ketones (excluding diaryl/α,β-unsaturated/α-hetero) is 1. The van der Waals surface area contributed by atoms with Crippen molar-refractivity contribution in [3.8, 4) is 0 Å². The zero-order valence-electron chi connectivity index (χ0n) is 17.0. The summed E-state index contributed by atoms with van der Waals surface area (Å²) in [5, 5.41) is 1.58. The Kier molecular flexibility index (Phi) is 5.97. The number of carbonyl (C=O) groups excluding carboxylic acids is 1. The lowest BCUT2D eigenvalue weighted by Gasteiger charge is -2.12. The molecule has 33 heavy (non-hydrogen) atoms. The summed E-state index contributed by atoms with van der Waals surface area (Å²) in [6.07, 6.45) is 1.67. The van der Waals surface area contributed by atoms with Gasteiger partial charge in [-0.05, 0) is 42.0 Å². The average Bonchev–Trinajstić information content (AvgIpc) is 3.20. The molecule has 5 nitrogen and oxygen atoms in total. The predicted molar refractivity (Wildman–Crippen MR) is 131 cm³/mol. The number of fused-ring (bicyclic) bond motifs is 3. The molecule has 0 aliphatic carbocycles. The maximum Gasteiger partial charge on any atom is 0.272 e. The number of halogens is 2. The van der Waals surface area contributed by atoms with Gasteiger partial charge in [0.15, 0.2) is 10.9 Å². The molecule has 0 spiro atoms. The van der Waals surface area contributed by atoms with Crippen LogP contribution in [0, 0.1) is 5.82 Å². The number of nitrogens with zero attached hydrogens (tertiary/aromatic N) is 3. The zero-order chi connectivity index (χ0) is 22.9. The number of aromatic nitrogens is 3. The summed E-state index contributed by atoms with van der Waals surface area (Å²) in [5.74, 6) is -0.453. The molecule has 164 valence electrons. The van der Waals surface area contributed by atoms with Gasteiger partial charge in [-0.15, -0.1) is 11.3 Å². The van der Waals surface area contributed by atoms with E-state index in [0.29, 0.717) is 26.0 Å². The molecule has 0 amide bonds. The molecule has 0 fully saturated rings. The molecule has 9 heteroatoms. The van der Waals surface area contributed by atoms with E-state index in [-0.39, 0.29) is 29.5 Å². The van der Waals surface area contributed by atoms with Crippen LogP contribution in [0.25, 0.3) is 20.4 Å². The van der Waals surface area contributed by atoms with Gasteiger partial charge in [-0.3, -0.25) is 14.2 Å². The smallest absolute Gasteiger partial charge is 0.272 e. The van der Waals surface area contributed by atoms with E-state index in [4.69, 9.17) is 16.6 Å². The number of thiophene rings is 1. The van der Waals surface area contributed by atoms with E-state index >= 15 is 0 Å². The molecule has 0 aliphatic rings. The molecule has 3 heterocycles. The Morgan fingerprint density at radius 3 is 2.67 bits per heavy atom. The summed E-state index contributed by atoms with van der Waals surface area (Å²) in [6.45, 7) is 0.201. The highest BCUT2D eigenvalue weighted by molar-refractivity contribution is 7.99. The van der Waals surface area contributed by atoms with E-state index in [0.717, 1.165) is 15.8 Å². The van der Waals surface area contributed by atoms with Crippen molar-refractivity contribution in [2.75, 3.05) is 5.75 Å². The fourth-order valence-electron chi connectivity index (χ4n) is 3.46. The Labute approximate surface area is 200 Å². The van der Waals surface area contributed by atoms with Crippen LogP contribution in [0.3, 0.4) is 0 Å². The van der Waals surface area contributed by atoms with Crippen LogP contribution in [0.2, 0.25) is 5.02 Å². The van der Waals surface area contributed by atoms with E-state index < -0.39 is 0 Å². The second kappa shape index (κ2) is 9.05. The second-order valence-corrected chi connectivity index (χ2v) is 9.59. The van der Waals surface area contributed by atoms with Gasteiger partial charge in [0.25, 0.3) is 5.56 Å². The Morgan fingerprint density at radius 1 is 1.09 bits per heavy atom. The number of benzene rings is 2. The fourth-order valence-corrected chi connectivity index (χ4v) is 5.61. The highest BCUT2D eigenvalue weighted by Gasteiger charge is 2.19. The molecule has 0 N–H and O–H groups in total. The monoisotopic (exact) mass is 495 g/mol. The van der Waals surface area contributed by atoms with Gasteiger partial charge in [0.2, 0.25) is 0 Å². The Hall–Kier alpha value is -3.07. The molecule has 0 bridgehead atoms. The first-order valence-electron chi connectivity index (χ1n) is 9.94. The largest absolute Gasteiger partial charge is 0.293 e. The maximum atomic E-state index is 13.5. The lowest BCUT2D eigenvalue weighted by Crippen LogP contribution is -2.23. The van der Waals surface area contributed by atoms with Crippen molar-refractivity contribution in [3.05, 3.63) is 99.2 Å². The number of thioether (sulfide) groups is 1. The zero-order valence-corrected chi connectivity index (χ0v) is 19.4. The molecule has 0 saturated carbocycles. The standard InChI is InChI=1S/C24H15ClFN3O2S2/c25-18-6-2-1-4-16(18)19(30)13-32-24-28-20-17-5-3-11-27-22(17)33-21(20)23(31)29(24)12-14-7-9-15(26)10-8-14/h1-11H,12-13H2. The van der Waals surface area contributed by atoms with Gasteiger partial charge in [0.1, 0.15) is 15.3 Å². The topological polar surface area (TPSA) is 64.8 Å². The molecule has 0 saturated heterocycles. The van der Waals surface area contributed by atoms with Crippen molar-refractivity contribution in [2.45, 2.75) is 11.7 Å². The first kappa shape index (κ1) is 21.8. The van der Waals surface area contributed by atoms with Crippen molar-refractivity contribution in [3.63, 3.8) is 0 Å². The van der Waals surface area contributed by atoms with Crippen LogP contribution in [-0.2, 0) is 6.54 Å². The van der Waals surface area contributed by atoms with Gasteiger partial charge < -0.3 is 0 Å². The normalized spacial score (nSPS) is 11.3. The third-order valence-electron chi connectivity index (χ3n) is 5.08. The molecule has 5 aromatic rings. The van der Waals surface area contributed by atoms with E-state index in [1.807, 2.05) is 6.07 Å². The third-order valence-corrected chi connectivity index (χ3v) is 7.48. The quantitative estimate of drug-likeness (QED) is 0.169. The fraction of sp³-hybridized carbons (Fsp3) is 0.0833.